The summed E-state index contributed by atoms with van der Waals surface area (Å²) in [6.07, 6.45) is 0.255. The second-order valence-electron chi connectivity index (χ2n) is 3.51. The zero-order valence-electron chi connectivity index (χ0n) is 9.07. The number of amides is 1. The molecule has 5 heteroatoms. The molecule has 3 nitrogen and oxygen atoms in total. The summed E-state index contributed by atoms with van der Waals surface area (Å²) >= 11 is 0. The maximum absolute atomic E-state index is 12.6. The summed E-state index contributed by atoms with van der Waals surface area (Å²) in [7, 11) is 0. The lowest BCUT2D eigenvalue weighted by Crippen LogP contribution is -2.38. The first-order valence-corrected chi connectivity index (χ1v) is 4.85. The van der Waals surface area contributed by atoms with Crippen LogP contribution in [0.3, 0.4) is 0 Å². The van der Waals surface area contributed by atoms with Gasteiger partial charge in [0.15, 0.2) is 0 Å². The van der Waals surface area contributed by atoms with Crippen molar-refractivity contribution in [1.29, 1.82) is 0 Å². The first-order chi connectivity index (χ1) is 7.11. The molecule has 1 aromatic rings. The van der Waals surface area contributed by atoms with Gasteiger partial charge in [0, 0.05) is 12.6 Å². The van der Waals surface area contributed by atoms with Crippen molar-refractivity contribution in [2.45, 2.75) is 19.4 Å². The molecular formula is C11H16ClFN2O. The number of nitrogens with one attached hydrogen (secondary N) is 1. The minimum absolute atomic E-state index is 0. The van der Waals surface area contributed by atoms with Crippen molar-refractivity contribution in [2.24, 2.45) is 5.73 Å². The van der Waals surface area contributed by atoms with Crippen molar-refractivity contribution in [2.75, 3.05) is 6.54 Å². The fraction of sp³-hybridized carbons (Fsp3) is 0.364. The number of hydrogen-bond donors (Lipinski definition) is 2. The average molecular weight is 247 g/mol. The van der Waals surface area contributed by atoms with Gasteiger partial charge in [0.25, 0.3) is 0 Å². The third-order valence-corrected chi connectivity index (χ3v) is 2.04. The van der Waals surface area contributed by atoms with Crippen LogP contribution in [0.4, 0.5) is 4.39 Å². The Kier molecular flexibility index (Phi) is 6.69. The molecule has 0 saturated heterocycles. The van der Waals surface area contributed by atoms with Gasteiger partial charge in [-0.05, 0) is 24.6 Å². The van der Waals surface area contributed by atoms with Gasteiger partial charge in [0.05, 0.1) is 6.42 Å². The number of rotatable bonds is 4. The largest absolute Gasteiger partial charge is 0.352 e. The molecule has 0 radical (unpaired) electrons. The highest BCUT2D eigenvalue weighted by Crippen LogP contribution is 2.03. The third kappa shape index (κ3) is 5.09. The van der Waals surface area contributed by atoms with E-state index in [4.69, 9.17) is 5.73 Å². The molecule has 3 N–H and O–H groups in total. The van der Waals surface area contributed by atoms with Gasteiger partial charge >= 0.3 is 0 Å². The number of benzene rings is 1. The Hall–Kier alpha value is -1.13. The number of nitrogens with two attached hydrogens (primary N) is 1. The molecule has 1 aromatic carbocycles. The van der Waals surface area contributed by atoms with Crippen molar-refractivity contribution in [3.05, 3.63) is 35.6 Å². The van der Waals surface area contributed by atoms with Crippen LogP contribution in [0.25, 0.3) is 0 Å². The van der Waals surface area contributed by atoms with E-state index < -0.39 is 0 Å². The van der Waals surface area contributed by atoms with Gasteiger partial charge in [0.2, 0.25) is 5.91 Å². The van der Waals surface area contributed by atoms with Crippen molar-refractivity contribution in [1.82, 2.24) is 5.32 Å². The highest BCUT2D eigenvalue weighted by molar-refractivity contribution is 5.85. The van der Waals surface area contributed by atoms with Gasteiger partial charge in [-0.2, -0.15) is 0 Å². The predicted octanol–water partition coefficient (Wildman–Crippen LogP) is 1.25. The molecule has 1 atom stereocenters. The molecule has 1 rings (SSSR count). The second kappa shape index (κ2) is 7.19. The minimum Gasteiger partial charge on any atom is -0.352 e. The third-order valence-electron chi connectivity index (χ3n) is 2.04. The van der Waals surface area contributed by atoms with Crippen molar-refractivity contribution >= 4 is 18.3 Å². The molecule has 1 amide bonds. The topological polar surface area (TPSA) is 55.1 Å². The Labute approximate surface area is 101 Å². The van der Waals surface area contributed by atoms with Crippen LogP contribution in [0.15, 0.2) is 24.3 Å². The Morgan fingerprint density at radius 3 is 2.50 bits per heavy atom. The maximum Gasteiger partial charge on any atom is 0.224 e. The second-order valence-corrected chi connectivity index (χ2v) is 3.51. The number of carbonyl (C=O) groups excluding carboxylic acids is 1. The summed E-state index contributed by atoms with van der Waals surface area (Å²) in [5, 5.41) is 2.73. The van der Waals surface area contributed by atoms with E-state index in [0.717, 1.165) is 5.56 Å². The quantitative estimate of drug-likeness (QED) is 0.840. The summed E-state index contributed by atoms with van der Waals surface area (Å²) in [6, 6.07) is 5.85. The van der Waals surface area contributed by atoms with E-state index in [1.165, 1.54) is 12.1 Å². The number of carbonyl (C=O) groups is 1. The molecule has 0 aliphatic rings. The summed E-state index contributed by atoms with van der Waals surface area (Å²) in [5.41, 5.74) is 6.16. The Morgan fingerprint density at radius 2 is 2.00 bits per heavy atom. The fourth-order valence-corrected chi connectivity index (χ4v) is 1.17. The molecular weight excluding hydrogens is 231 g/mol. The molecule has 0 aliphatic heterocycles. The van der Waals surface area contributed by atoms with Crippen LogP contribution in [0.2, 0.25) is 0 Å². The van der Waals surface area contributed by atoms with Gasteiger partial charge in [0.1, 0.15) is 5.82 Å². The van der Waals surface area contributed by atoms with Crippen LogP contribution in [0.1, 0.15) is 12.5 Å². The van der Waals surface area contributed by atoms with E-state index >= 15 is 0 Å². The highest BCUT2D eigenvalue weighted by atomic mass is 35.5. The van der Waals surface area contributed by atoms with E-state index in [0.29, 0.717) is 6.54 Å². The molecule has 16 heavy (non-hydrogen) atoms. The lowest BCUT2D eigenvalue weighted by molar-refractivity contribution is -0.120. The van der Waals surface area contributed by atoms with E-state index in [-0.39, 0.29) is 36.6 Å². The Morgan fingerprint density at radius 1 is 1.44 bits per heavy atom. The monoisotopic (exact) mass is 246 g/mol. The predicted molar refractivity (Wildman–Crippen MR) is 64.0 cm³/mol. The van der Waals surface area contributed by atoms with Gasteiger partial charge in [-0.1, -0.05) is 12.1 Å². The molecule has 0 aromatic heterocycles. The molecule has 0 bridgehead atoms. The number of hydrogen-bond acceptors (Lipinski definition) is 2. The Balaban J connectivity index is 0.00000225. The lowest BCUT2D eigenvalue weighted by Gasteiger charge is -2.10. The fourth-order valence-electron chi connectivity index (χ4n) is 1.17. The van der Waals surface area contributed by atoms with Crippen LogP contribution in [-0.2, 0) is 11.2 Å². The van der Waals surface area contributed by atoms with E-state index in [9.17, 15) is 9.18 Å². The van der Waals surface area contributed by atoms with Crippen LogP contribution < -0.4 is 11.1 Å². The standard InChI is InChI=1S/C11H15FN2O.ClH/c1-8(7-13)14-11(15)6-9-2-4-10(12)5-3-9;/h2-5,8H,6-7,13H2,1H3,(H,14,15);1H/t8-;/m0./s1. The molecule has 90 valence electrons. The summed E-state index contributed by atoms with van der Waals surface area (Å²) in [5.74, 6) is -0.394. The van der Waals surface area contributed by atoms with Crippen molar-refractivity contribution in [3.8, 4) is 0 Å². The van der Waals surface area contributed by atoms with Crippen LogP contribution in [0.5, 0.6) is 0 Å². The van der Waals surface area contributed by atoms with E-state index in [1.807, 2.05) is 6.92 Å². The highest BCUT2D eigenvalue weighted by Gasteiger charge is 2.06. The summed E-state index contributed by atoms with van der Waals surface area (Å²) < 4.78 is 12.6. The smallest absolute Gasteiger partial charge is 0.224 e. The van der Waals surface area contributed by atoms with E-state index in [2.05, 4.69) is 5.32 Å². The molecule has 0 saturated carbocycles. The van der Waals surface area contributed by atoms with Gasteiger partial charge in [-0.25, -0.2) is 4.39 Å². The SMILES string of the molecule is C[C@@H](CN)NC(=O)Cc1ccc(F)cc1.Cl. The summed E-state index contributed by atoms with van der Waals surface area (Å²) in [4.78, 5) is 11.4. The van der Waals surface area contributed by atoms with E-state index in [1.54, 1.807) is 12.1 Å². The first-order valence-electron chi connectivity index (χ1n) is 4.85. The van der Waals surface area contributed by atoms with Gasteiger partial charge < -0.3 is 11.1 Å². The number of halogens is 2. The van der Waals surface area contributed by atoms with Crippen LogP contribution in [-0.4, -0.2) is 18.5 Å². The molecule has 0 aliphatic carbocycles. The maximum atomic E-state index is 12.6. The lowest BCUT2D eigenvalue weighted by atomic mass is 10.1. The Bertz CT molecular complexity index is 329. The normalized spacial score (nSPS) is 11.4. The van der Waals surface area contributed by atoms with Crippen molar-refractivity contribution < 1.29 is 9.18 Å². The minimum atomic E-state index is -0.297. The molecule has 0 spiro atoms. The van der Waals surface area contributed by atoms with Crippen molar-refractivity contribution in [3.63, 3.8) is 0 Å². The molecule has 0 heterocycles. The van der Waals surface area contributed by atoms with Gasteiger partial charge in [-0.3, -0.25) is 4.79 Å². The zero-order chi connectivity index (χ0) is 11.3. The van der Waals surface area contributed by atoms with Crippen LogP contribution >= 0.6 is 12.4 Å². The molecule has 0 fully saturated rings. The first kappa shape index (κ1) is 14.9. The average Bonchev–Trinajstić information content (AvgIpc) is 2.21. The molecule has 0 unspecified atom stereocenters. The van der Waals surface area contributed by atoms with Gasteiger partial charge in [-0.15, -0.1) is 12.4 Å². The van der Waals surface area contributed by atoms with Crippen LogP contribution in [0, 0.1) is 5.82 Å². The zero-order valence-corrected chi connectivity index (χ0v) is 9.89. The summed E-state index contributed by atoms with van der Waals surface area (Å²) in [6.45, 7) is 2.25.